The summed E-state index contributed by atoms with van der Waals surface area (Å²) >= 11 is 6.11. The molecule has 0 fully saturated rings. The van der Waals surface area contributed by atoms with Crippen molar-refractivity contribution in [2.24, 2.45) is 0 Å². The van der Waals surface area contributed by atoms with E-state index in [2.05, 4.69) is 53.0 Å². The molecule has 0 unspecified atom stereocenters. The van der Waals surface area contributed by atoms with Crippen LogP contribution in [0.25, 0.3) is 0 Å². The molecule has 0 spiro atoms. The number of aromatic nitrogens is 2. The molecule has 3 nitrogen and oxygen atoms in total. The van der Waals surface area contributed by atoms with Crippen molar-refractivity contribution in [2.45, 2.75) is 32.9 Å². The SMILES string of the molecule is CC(C)c1nc(Cl)cc(N2Cc3ccccc3C2)n1. The van der Waals surface area contributed by atoms with Crippen LogP contribution in [0.3, 0.4) is 0 Å². The van der Waals surface area contributed by atoms with Crippen LogP contribution in [0.2, 0.25) is 5.15 Å². The van der Waals surface area contributed by atoms with Crippen molar-refractivity contribution in [1.82, 2.24) is 9.97 Å². The zero-order chi connectivity index (χ0) is 13.4. The van der Waals surface area contributed by atoms with Gasteiger partial charge in [-0.1, -0.05) is 49.7 Å². The summed E-state index contributed by atoms with van der Waals surface area (Å²) in [5.41, 5.74) is 2.73. The van der Waals surface area contributed by atoms with Crippen LogP contribution in [0.4, 0.5) is 5.82 Å². The first-order valence-electron chi connectivity index (χ1n) is 6.49. The molecule has 0 saturated heterocycles. The lowest BCUT2D eigenvalue weighted by atomic mass is 10.1. The lowest BCUT2D eigenvalue weighted by molar-refractivity contribution is 0.756. The van der Waals surface area contributed by atoms with Crippen molar-refractivity contribution in [2.75, 3.05) is 4.90 Å². The second kappa shape index (κ2) is 4.82. The van der Waals surface area contributed by atoms with Gasteiger partial charge in [-0.3, -0.25) is 0 Å². The first-order valence-corrected chi connectivity index (χ1v) is 6.87. The molecular weight excluding hydrogens is 258 g/mol. The number of halogens is 1. The topological polar surface area (TPSA) is 29.0 Å². The fourth-order valence-electron chi connectivity index (χ4n) is 2.34. The quantitative estimate of drug-likeness (QED) is 0.780. The van der Waals surface area contributed by atoms with Crippen molar-refractivity contribution < 1.29 is 0 Å². The predicted octanol–water partition coefficient (Wildman–Crippen LogP) is 3.77. The molecule has 0 N–H and O–H groups in total. The maximum Gasteiger partial charge on any atom is 0.135 e. The van der Waals surface area contributed by atoms with Crippen molar-refractivity contribution in [3.05, 3.63) is 52.4 Å². The van der Waals surface area contributed by atoms with E-state index in [1.54, 1.807) is 0 Å². The minimum Gasteiger partial charge on any atom is -0.348 e. The van der Waals surface area contributed by atoms with E-state index in [0.717, 1.165) is 24.7 Å². The molecule has 4 heteroatoms. The van der Waals surface area contributed by atoms with Gasteiger partial charge in [0.25, 0.3) is 0 Å². The Hall–Kier alpha value is -1.61. The minimum atomic E-state index is 0.280. The van der Waals surface area contributed by atoms with Crippen LogP contribution in [0.1, 0.15) is 36.7 Å². The molecule has 1 aliphatic heterocycles. The van der Waals surface area contributed by atoms with Gasteiger partial charge in [-0.2, -0.15) is 0 Å². The summed E-state index contributed by atoms with van der Waals surface area (Å²) in [6, 6.07) is 10.3. The monoisotopic (exact) mass is 273 g/mol. The highest BCUT2D eigenvalue weighted by molar-refractivity contribution is 6.29. The molecule has 98 valence electrons. The van der Waals surface area contributed by atoms with Crippen LogP contribution in [0, 0.1) is 0 Å². The van der Waals surface area contributed by atoms with Gasteiger partial charge in [0.1, 0.15) is 16.8 Å². The van der Waals surface area contributed by atoms with Crippen molar-refractivity contribution in [1.29, 1.82) is 0 Å². The molecule has 19 heavy (non-hydrogen) atoms. The second-order valence-electron chi connectivity index (χ2n) is 5.19. The Kier molecular flexibility index (Phi) is 3.15. The number of nitrogens with zero attached hydrogens (tertiary/aromatic N) is 3. The fraction of sp³-hybridized carbons (Fsp3) is 0.333. The van der Waals surface area contributed by atoms with E-state index >= 15 is 0 Å². The molecule has 2 aromatic rings. The lowest BCUT2D eigenvalue weighted by Gasteiger charge is -2.18. The molecule has 1 aliphatic rings. The summed E-state index contributed by atoms with van der Waals surface area (Å²) in [7, 11) is 0. The summed E-state index contributed by atoms with van der Waals surface area (Å²) in [5, 5.41) is 0.518. The summed E-state index contributed by atoms with van der Waals surface area (Å²) < 4.78 is 0. The Bertz CT molecular complexity index is 585. The van der Waals surface area contributed by atoms with E-state index in [4.69, 9.17) is 11.6 Å². The summed E-state index contributed by atoms with van der Waals surface area (Å²) in [6.45, 7) is 5.93. The number of rotatable bonds is 2. The highest BCUT2D eigenvalue weighted by Crippen LogP contribution is 2.28. The summed E-state index contributed by atoms with van der Waals surface area (Å²) in [6.07, 6.45) is 0. The molecule has 0 radical (unpaired) electrons. The van der Waals surface area contributed by atoms with Crippen LogP contribution >= 0.6 is 11.6 Å². The zero-order valence-electron chi connectivity index (χ0n) is 11.1. The standard InChI is InChI=1S/C15H16ClN3/c1-10(2)15-17-13(16)7-14(18-15)19-8-11-5-3-4-6-12(11)9-19/h3-7,10H,8-9H2,1-2H3. The fourth-order valence-corrected chi connectivity index (χ4v) is 2.52. The third kappa shape index (κ3) is 2.43. The Labute approximate surface area is 118 Å². The van der Waals surface area contributed by atoms with E-state index in [1.165, 1.54) is 11.1 Å². The molecular formula is C15H16ClN3. The zero-order valence-corrected chi connectivity index (χ0v) is 11.9. The van der Waals surface area contributed by atoms with E-state index < -0.39 is 0 Å². The molecule has 2 heterocycles. The van der Waals surface area contributed by atoms with Gasteiger partial charge in [-0.05, 0) is 11.1 Å². The van der Waals surface area contributed by atoms with Gasteiger partial charge in [-0.15, -0.1) is 0 Å². The maximum atomic E-state index is 6.11. The average Bonchev–Trinajstić information content (AvgIpc) is 2.81. The number of fused-ring (bicyclic) bond motifs is 1. The van der Waals surface area contributed by atoms with Gasteiger partial charge in [0.05, 0.1) is 0 Å². The van der Waals surface area contributed by atoms with E-state index in [-0.39, 0.29) is 5.92 Å². The van der Waals surface area contributed by atoms with Gasteiger partial charge in [0.15, 0.2) is 0 Å². The van der Waals surface area contributed by atoms with E-state index in [0.29, 0.717) is 5.15 Å². The van der Waals surface area contributed by atoms with Crippen LogP contribution < -0.4 is 4.90 Å². The Morgan fingerprint density at radius 2 is 1.74 bits per heavy atom. The van der Waals surface area contributed by atoms with Crippen LogP contribution in [0.5, 0.6) is 0 Å². The molecule has 0 aliphatic carbocycles. The maximum absolute atomic E-state index is 6.11. The summed E-state index contributed by atoms with van der Waals surface area (Å²) in [5.74, 6) is 2.00. The predicted molar refractivity (Wildman–Crippen MR) is 77.5 cm³/mol. The summed E-state index contributed by atoms with van der Waals surface area (Å²) in [4.78, 5) is 11.2. The van der Waals surface area contributed by atoms with Crippen LogP contribution in [-0.4, -0.2) is 9.97 Å². The highest BCUT2D eigenvalue weighted by Gasteiger charge is 2.20. The Balaban J connectivity index is 1.93. The molecule has 1 aromatic heterocycles. The molecule has 0 atom stereocenters. The Morgan fingerprint density at radius 1 is 1.11 bits per heavy atom. The second-order valence-corrected chi connectivity index (χ2v) is 5.57. The minimum absolute atomic E-state index is 0.280. The van der Waals surface area contributed by atoms with Gasteiger partial charge >= 0.3 is 0 Å². The number of anilines is 1. The van der Waals surface area contributed by atoms with Gasteiger partial charge in [0, 0.05) is 25.1 Å². The molecule has 3 rings (SSSR count). The largest absolute Gasteiger partial charge is 0.348 e. The van der Waals surface area contributed by atoms with Crippen LogP contribution in [0.15, 0.2) is 30.3 Å². The van der Waals surface area contributed by atoms with Crippen molar-refractivity contribution in [3.63, 3.8) is 0 Å². The molecule has 0 saturated carbocycles. The van der Waals surface area contributed by atoms with E-state index in [9.17, 15) is 0 Å². The first-order chi connectivity index (χ1) is 9.13. The third-order valence-corrected chi connectivity index (χ3v) is 3.57. The van der Waals surface area contributed by atoms with Crippen LogP contribution in [-0.2, 0) is 13.1 Å². The van der Waals surface area contributed by atoms with Crippen molar-refractivity contribution >= 4 is 17.4 Å². The third-order valence-electron chi connectivity index (χ3n) is 3.38. The first kappa shape index (κ1) is 12.4. The number of hydrogen-bond acceptors (Lipinski definition) is 3. The van der Waals surface area contributed by atoms with Crippen molar-refractivity contribution in [3.8, 4) is 0 Å². The molecule has 0 bridgehead atoms. The lowest BCUT2D eigenvalue weighted by Crippen LogP contribution is -2.17. The average molecular weight is 274 g/mol. The van der Waals surface area contributed by atoms with Gasteiger partial charge in [0.2, 0.25) is 0 Å². The van der Waals surface area contributed by atoms with Gasteiger partial charge in [-0.25, -0.2) is 9.97 Å². The number of hydrogen-bond donors (Lipinski definition) is 0. The normalized spacial score (nSPS) is 14.0. The van der Waals surface area contributed by atoms with E-state index in [1.807, 2.05) is 6.07 Å². The smallest absolute Gasteiger partial charge is 0.135 e. The molecule has 0 amide bonds. The highest BCUT2D eigenvalue weighted by atomic mass is 35.5. The number of benzene rings is 1. The van der Waals surface area contributed by atoms with Gasteiger partial charge < -0.3 is 4.90 Å². The Morgan fingerprint density at radius 3 is 2.32 bits per heavy atom. The molecule has 1 aromatic carbocycles.